The lowest BCUT2D eigenvalue weighted by Gasteiger charge is -2.32. The Balaban J connectivity index is 1.83. The molecule has 1 aliphatic rings. The fourth-order valence-corrected chi connectivity index (χ4v) is 2.49. The van der Waals surface area contributed by atoms with Crippen molar-refractivity contribution in [2.24, 2.45) is 0 Å². The summed E-state index contributed by atoms with van der Waals surface area (Å²) in [5.74, 6) is -0.195. The molecule has 1 saturated heterocycles. The molecule has 0 spiro atoms. The highest BCUT2D eigenvalue weighted by Crippen LogP contribution is 2.09. The first-order valence-corrected chi connectivity index (χ1v) is 8.04. The standard InChI is InChI=1S/C17H21ClN4O/c1-21-8-10-22(11-9-21)17(23)15(12-19)13-20-7-6-14-2-4-16(18)5-3-14/h2-5,13,20H,6-11H2,1H3/b15-13-. The number of hydrogen-bond acceptors (Lipinski definition) is 4. The molecule has 23 heavy (non-hydrogen) atoms. The van der Waals surface area contributed by atoms with Crippen LogP contribution >= 0.6 is 11.6 Å². The minimum Gasteiger partial charge on any atom is -0.389 e. The van der Waals surface area contributed by atoms with Gasteiger partial charge in [0.05, 0.1) is 0 Å². The fraction of sp³-hybridized carbons (Fsp3) is 0.412. The van der Waals surface area contributed by atoms with Crippen LogP contribution in [0.5, 0.6) is 0 Å². The van der Waals surface area contributed by atoms with Crippen molar-refractivity contribution in [1.29, 1.82) is 5.26 Å². The van der Waals surface area contributed by atoms with Gasteiger partial charge < -0.3 is 15.1 Å². The van der Waals surface area contributed by atoms with E-state index in [1.54, 1.807) is 4.90 Å². The molecule has 6 heteroatoms. The quantitative estimate of drug-likeness (QED) is 0.506. The molecule has 2 rings (SSSR count). The molecule has 0 atom stereocenters. The molecule has 0 bridgehead atoms. The monoisotopic (exact) mass is 332 g/mol. The number of piperazine rings is 1. The van der Waals surface area contributed by atoms with Gasteiger partial charge in [0.15, 0.2) is 0 Å². The van der Waals surface area contributed by atoms with Crippen LogP contribution in [-0.4, -0.2) is 55.5 Å². The van der Waals surface area contributed by atoms with Gasteiger partial charge in [-0.05, 0) is 31.2 Å². The van der Waals surface area contributed by atoms with Crippen molar-refractivity contribution < 1.29 is 4.79 Å². The maximum atomic E-state index is 12.3. The van der Waals surface area contributed by atoms with Crippen LogP contribution in [0.1, 0.15) is 5.56 Å². The maximum absolute atomic E-state index is 12.3. The number of rotatable bonds is 5. The number of nitrogens with one attached hydrogen (secondary N) is 1. The highest BCUT2D eigenvalue weighted by Gasteiger charge is 2.21. The zero-order chi connectivity index (χ0) is 16.7. The molecule has 0 radical (unpaired) electrons. The maximum Gasteiger partial charge on any atom is 0.266 e. The second kappa shape index (κ2) is 8.56. The molecule has 0 unspecified atom stereocenters. The average Bonchev–Trinajstić information content (AvgIpc) is 2.57. The van der Waals surface area contributed by atoms with Gasteiger partial charge in [-0.15, -0.1) is 0 Å². The molecule has 5 nitrogen and oxygen atoms in total. The molecule has 1 aromatic carbocycles. The van der Waals surface area contributed by atoms with Crippen LogP contribution in [0.4, 0.5) is 0 Å². The van der Waals surface area contributed by atoms with Crippen LogP contribution in [0.25, 0.3) is 0 Å². The topological polar surface area (TPSA) is 59.4 Å². The minimum absolute atomic E-state index is 0.158. The third kappa shape index (κ3) is 5.27. The number of likely N-dealkylation sites (N-methyl/N-ethyl adjacent to an activating group) is 1. The van der Waals surface area contributed by atoms with Crippen molar-refractivity contribution in [2.75, 3.05) is 39.8 Å². The van der Waals surface area contributed by atoms with Crippen LogP contribution in [0.15, 0.2) is 36.0 Å². The number of carbonyl (C=O) groups excluding carboxylic acids is 1. The third-order valence-corrected chi connectivity index (χ3v) is 4.11. The fourth-order valence-electron chi connectivity index (χ4n) is 2.36. The van der Waals surface area contributed by atoms with Gasteiger partial charge >= 0.3 is 0 Å². The summed E-state index contributed by atoms with van der Waals surface area (Å²) in [5.41, 5.74) is 1.31. The Morgan fingerprint density at radius 3 is 2.57 bits per heavy atom. The van der Waals surface area contributed by atoms with Gasteiger partial charge in [-0.2, -0.15) is 5.26 Å². The predicted octanol–water partition coefficient (Wildman–Crippen LogP) is 1.65. The summed E-state index contributed by atoms with van der Waals surface area (Å²) in [4.78, 5) is 16.2. The van der Waals surface area contributed by atoms with Gasteiger partial charge in [-0.3, -0.25) is 4.79 Å². The molecule has 1 aliphatic heterocycles. The van der Waals surface area contributed by atoms with Gasteiger partial charge in [-0.25, -0.2) is 0 Å². The molecule has 0 saturated carbocycles. The molecule has 1 fully saturated rings. The van der Waals surface area contributed by atoms with Gasteiger partial charge in [0.2, 0.25) is 0 Å². The molecular formula is C17H21ClN4O. The van der Waals surface area contributed by atoms with E-state index < -0.39 is 0 Å². The van der Waals surface area contributed by atoms with E-state index in [4.69, 9.17) is 11.6 Å². The van der Waals surface area contributed by atoms with Crippen LogP contribution in [0, 0.1) is 11.3 Å². The summed E-state index contributed by atoms with van der Waals surface area (Å²) in [6.07, 6.45) is 2.33. The van der Waals surface area contributed by atoms with Crippen molar-refractivity contribution in [1.82, 2.24) is 15.1 Å². The molecule has 1 heterocycles. The Bertz CT molecular complexity index is 598. The summed E-state index contributed by atoms with van der Waals surface area (Å²) in [6, 6.07) is 9.63. The van der Waals surface area contributed by atoms with E-state index in [9.17, 15) is 10.1 Å². The Kier molecular flexibility index (Phi) is 6.45. The third-order valence-electron chi connectivity index (χ3n) is 3.86. The molecule has 1 amide bonds. The van der Waals surface area contributed by atoms with E-state index in [1.165, 1.54) is 6.20 Å². The second-order valence-corrected chi connectivity index (χ2v) is 6.03. The summed E-state index contributed by atoms with van der Waals surface area (Å²) in [6.45, 7) is 3.67. The minimum atomic E-state index is -0.195. The Labute approximate surface area is 142 Å². The largest absolute Gasteiger partial charge is 0.389 e. The van der Waals surface area contributed by atoms with E-state index >= 15 is 0 Å². The lowest BCUT2D eigenvalue weighted by atomic mass is 10.1. The van der Waals surface area contributed by atoms with Crippen LogP contribution < -0.4 is 5.32 Å². The number of benzene rings is 1. The Morgan fingerprint density at radius 1 is 1.30 bits per heavy atom. The van der Waals surface area contributed by atoms with E-state index in [-0.39, 0.29) is 11.5 Å². The summed E-state index contributed by atoms with van der Waals surface area (Å²) in [5, 5.41) is 13.0. The van der Waals surface area contributed by atoms with Crippen LogP contribution in [-0.2, 0) is 11.2 Å². The smallest absolute Gasteiger partial charge is 0.266 e. The van der Waals surface area contributed by atoms with Crippen molar-refractivity contribution in [3.63, 3.8) is 0 Å². The number of nitriles is 1. The van der Waals surface area contributed by atoms with Gasteiger partial charge in [0.25, 0.3) is 5.91 Å². The molecular weight excluding hydrogens is 312 g/mol. The van der Waals surface area contributed by atoms with E-state index in [1.807, 2.05) is 37.4 Å². The molecule has 122 valence electrons. The summed E-state index contributed by atoms with van der Waals surface area (Å²) in [7, 11) is 2.03. The number of nitrogens with zero attached hydrogens (tertiary/aromatic N) is 3. The molecule has 0 aliphatic carbocycles. The first-order chi connectivity index (χ1) is 11.1. The second-order valence-electron chi connectivity index (χ2n) is 5.60. The highest BCUT2D eigenvalue weighted by molar-refractivity contribution is 6.30. The van der Waals surface area contributed by atoms with Crippen LogP contribution in [0.2, 0.25) is 5.02 Å². The van der Waals surface area contributed by atoms with Crippen molar-refractivity contribution in [2.45, 2.75) is 6.42 Å². The molecule has 0 aromatic heterocycles. The van der Waals surface area contributed by atoms with Gasteiger partial charge in [0.1, 0.15) is 11.6 Å². The molecule has 1 N–H and O–H groups in total. The highest BCUT2D eigenvalue weighted by atomic mass is 35.5. The van der Waals surface area contributed by atoms with Gasteiger partial charge in [-0.1, -0.05) is 23.7 Å². The SMILES string of the molecule is CN1CCN(C(=O)/C(C#N)=C\NCCc2ccc(Cl)cc2)CC1. The first-order valence-electron chi connectivity index (χ1n) is 7.66. The van der Waals surface area contributed by atoms with Crippen molar-refractivity contribution in [3.8, 4) is 6.07 Å². The lowest BCUT2D eigenvalue weighted by Crippen LogP contribution is -2.47. The lowest BCUT2D eigenvalue weighted by molar-refractivity contribution is -0.128. The average molecular weight is 333 g/mol. The van der Waals surface area contributed by atoms with E-state index in [0.29, 0.717) is 24.7 Å². The van der Waals surface area contributed by atoms with E-state index in [0.717, 1.165) is 25.1 Å². The first kappa shape index (κ1) is 17.3. The predicted molar refractivity (Wildman–Crippen MR) is 90.9 cm³/mol. The number of carbonyl (C=O) groups is 1. The molecule has 1 aromatic rings. The number of amides is 1. The summed E-state index contributed by atoms with van der Waals surface area (Å²) < 4.78 is 0. The van der Waals surface area contributed by atoms with E-state index in [2.05, 4.69) is 10.2 Å². The van der Waals surface area contributed by atoms with Crippen LogP contribution in [0.3, 0.4) is 0 Å². The Morgan fingerprint density at radius 2 is 1.96 bits per heavy atom. The Hall–Kier alpha value is -2.03. The number of hydrogen-bond donors (Lipinski definition) is 1. The zero-order valence-electron chi connectivity index (χ0n) is 13.3. The van der Waals surface area contributed by atoms with Gasteiger partial charge in [0, 0.05) is 43.9 Å². The van der Waals surface area contributed by atoms with Crippen molar-refractivity contribution >= 4 is 17.5 Å². The number of halogens is 1. The zero-order valence-corrected chi connectivity index (χ0v) is 14.0. The van der Waals surface area contributed by atoms with Crippen molar-refractivity contribution in [3.05, 3.63) is 46.6 Å². The normalized spacial score (nSPS) is 16.0. The summed E-state index contributed by atoms with van der Waals surface area (Å²) >= 11 is 5.84.